The lowest BCUT2D eigenvalue weighted by atomic mass is 9.97. The lowest BCUT2D eigenvalue weighted by Gasteiger charge is -2.27. The van der Waals surface area contributed by atoms with E-state index < -0.39 is 0 Å². The van der Waals surface area contributed by atoms with Crippen LogP contribution in [0.3, 0.4) is 0 Å². The highest BCUT2D eigenvalue weighted by atomic mass is 16.5. The summed E-state index contributed by atoms with van der Waals surface area (Å²) in [6, 6.07) is 14.3. The Labute approximate surface area is 119 Å². The van der Waals surface area contributed by atoms with Gasteiger partial charge < -0.3 is 14.2 Å². The Bertz CT molecular complexity index is 593. The van der Waals surface area contributed by atoms with Crippen molar-refractivity contribution in [2.24, 2.45) is 0 Å². The number of aryl methyl sites for hydroxylation is 1. The molecule has 0 amide bonds. The third-order valence-corrected chi connectivity index (χ3v) is 3.68. The van der Waals surface area contributed by atoms with E-state index in [0.29, 0.717) is 5.75 Å². The fourth-order valence-electron chi connectivity index (χ4n) is 2.61. The van der Waals surface area contributed by atoms with Gasteiger partial charge in [0.25, 0.3) is 0 Å². The molecule has 1 unspecified atom stereocenters. The van der Waals surface area contributed by atoms with Gasteiger partial charge >= 0.3 is 0 Å². The van der Waals surface area contributed by atoms with Crippen LogP contribution in [0.15, 0.2) is 42.5 Å². The van der Waals surface area contributed by atoms with Gasteiger partial charge in [-0.05, 0) is 30.0 Å². The molecule has 0 fully saturated rings. The Kier molecular flexibility index (Phi) is 3.50. The molecule has 0 aromatic heterocycles. The minimum Gasteiger partial charge on any atom is -0.493 e. The van der Waals surface area contributed by atoms with Crippen molar-refractivity contribution in [3.8, 4) is 17.2 Å². The van der Waals surface area contributed by atoms with E-state index in [0.717, 1.165) is 24.3 Å². The topological polar surface area (TPSA) is 27.7 Å². The summed E-state index contributed by atoms with van der Waals surface area (Å²) in [4.78, 5) is 0. The second-order valence-corrected chi connectivity index (χ2v) is 4.87. The van der Waals surface area contributed by atoms with Crippen LogP contribution in [0.1, 0.15) is 23.7 Å². The highest BCUT2D eigenvalue weighted by molar-refractivity contribution is 5.51. The summed E-state index contributed by atoms with van der Waals surface area (Å²) in [7, 11) is 3.29. The molecule has 0 spiro atoms. The van der Waals surface area contributed by atoms with Crippen LogP contribution >= 0.6 is 0 Å². The summed E-state index contributed by atoms with van der Waals surface area (Å²) in [5.74, 6) is 2.36. The van der Waals surface area contributed by atoms with Crippen molar-refractivity contribution in [1.82, 2.24) is 0 Å². The summed E-state index contributed by atoms with van der Waals surface area (Å²) in [6.45, 7) is 0. The van der Waals surface area contributed by atoms with Crippen LogP contribution in [-0.2, 0) is 6.42 Å². The predicted octanol–water partition coefficient (Wildman–Crippen LogP) is 3.77. The molecule has 104 valence electrons. The highest BCUT2D eigenvalue weighted by Gasteiger charge is 2.23. The Morgan fingerprint density at radius 1 is 1.00 bits per heavy atom. The van der Waals surface area contributed by atoms with Gasteiger partial charge in [-0.2, -0.15) is 0 Å². The summed E-state index contributed by atoms with van der Waals surface area (Å²) in [5.41, 5.74) is 2.39. The Hall–Kier alpha value is -2.16. The lowest BCUT2D eigenvalue weighted by Crippen LogP contribution is -2.15. The molecule has 0 aliphatic carbocycles. The molecular weight excluding hydrogens is 252 g/mol. The number of benzene rings is 2. The van der Waals surface area contributed by atoms with E-state index in [1.807, 2.05) is 30.3 Å². The second-order valence-electron chi connectivity index (χ2n) is 4.87. The van der Waals surface area contributed by atoms with E-state index in [2.05, 4.69) is 12.1 Å². The van der Waals surface area contributed by atoms with Gasteiger partial charge in [-0.1, -0.05) is 30.3 Å². The van der Waals surface area contributed by atoms with Crippen LogP contribution < -0.4 is 14.2 Å². The maximum absolute atomic E-state index is 6.12. The number of rotatable bonds is 3. The Balaban J connectivity index is 1.91. The van der Waals surface area contributed by atoms with Crippen molar-refractivity contribution >= 4 is 0 Å². The molecule has 1 heterocycles. The van der Waals surface area contributed by atoms with E-state index in [1.54, 1.807) is 14.2 Å². The number of hydrogen-bond donors (Lipinski definition) is 0. The first-order chi connectivity index (χ1) is 9.81. The molecule has 0 radical (unpaired) electrons. The summed E-state index contributed by atoms with van der Waals surface area (Å²) < 4.78 is 16.8. The number of methoxy groups -OCH3 is 2. The molecule has 3 heteroatoms. The zero-order chi connectivity index (χ0) is 13.9. The van der Waals surface area contributed by atoms with E-state index in [-0.39, 0.29) is 6.10 Å². The Morgan fingerprint density at radius 3 is 2.40 bits per heavy atom. The first-order valence-corrected chi connectivity index (χ1v) is 6.78. The van der Waals surface area contributed by atoms with Gasteiger partial charge in [0.05, 0.1) is 14.2 Å². The molecule has 0 saturated heterocycles. The van der Waals surface area contributed by atoms with Crippen LogP contribution in [0.5, 0.6) is 17.2 Å². The van der Waals surface area contributed by atoms with E-state index in [1.165, 1.54) is 11.1 Å². The average molecular weight is 270 g/mol. The van der Waals surface area contributed by atoms with Crippen LogP contribution in [-0.4, -0.2) is 14.2 Å². The molecule has 2 aromatic carbocycles. The Morgan fingerprint density at radius 2 is 1.70 bits per heavy atom. The zero-order valence-electron chi connectivity index (χ0n) is 11.8. The van der Waals surface area contributed by atoms with E-state index >= 15 is 0 Å². The van der Waals surface area contributed by atoms with Crippen LogP contribution in [0.2, 0.25) is 0 Å². The summed E-state index contributed by atoms with van der Waals surface area (Å²) >= 11 is 0. The van der Waals surface area contributed by atoms with Crippen molar-refractivity contribution in [2.45, 2.75) is 18.9 Å². The maximum Gasteiger partial charge on any atom is 0.164 e. The van der Waals surface area contributed by atoms with Crippen molar-refractivity contribution in [1.29, 1.82) is 0 Å². The predicted molar refractivity (Wildman–Crippen MR) is 77.7 cm³/mol. The summed E-state index contributed by atoms with van der Waals surface area (Å²) in [5, 5.41) is 0. The number of fused-ring (bicyclic) bond motifs is 1. The van der Waals surface area contributed by atoms with Gasteiger partial charge in [-0.3, -0.25) is 0 Å². The third-order valence-electron chi connectivity index (χ3n) is 3.68. The molecule has 3 nitrogen and oxygen atoms in total. The molecular formula is C17H18O3. The van der Waals surface area contributed by atoms with Gasteiger partial charge in [0.15, 0.2) is 11.5 Å². The zero-order valence-corrected chi connectivity index (χ0v) is 11.8. The average Bonchev–Trinajstić information content (AvgIpc) is 2.53. The first-order valence-electron chi connectivity index (χ1n) is 6.78. The molecule has 20 heavy (non-hydrogen) atoms. The van der Waals surface area contributed by atoms with Gasteiger partial charge in [0, 0.05) is 6.07 Å². The summed E-state index contributed by atoms with van der Waals surface area (Å²) in [6.07, 6.45) is 2.07. The molecule has 1 atom stereocenters. The van der Waals surface area contributed by atoms with Crippen molar-refractivity contribution < 1.29 is 14.2 Å². The van der Waals surface area contributed by atoms with Crippen molar-refractivity contribution in [3.05, 3.63) is 53.6 Å². The van der Waals surface area contributed by atoms with Gasteiger partial charge in [-0.25, -0.2) is 0 Å². The quantitative estimate of drug-likeness (QED) is 0.849. The molecule has 0 saturated carbocycles. The van der Waals surface area contributed by atoms with E-state index in [4.69, 9.17) is 14.2 Å². The third kappa shape index (κ3) is 2.31. The SMILES string of the molecule is COc1cc2c(cc1OC)OC(c1ccccc1)CC2. The molecule has 2 aromatic rings. The molecule has 1 aliphatic rings. The molecule has 0 bridgehead atoms. The largest absolute Gasteiger partial charge is 0.493 e. The number of ether oxygens (including phenoxy) is 3. The van der Waals surface area contributed by atoms with E-state index in [9.17, 15) is 0 Å². The minimum absolute atomic E-state index is 0.113. The monoisotopic (exact) mass is 270 g/mol. The highest BCUT2D eigenvalue weighted by Crippen LogP contribution is 2.41. The van der Waals surface area contributed by atoms with Gasteiger partial charge in [0.1, 0.15) is 11.9 Å². The second kappa shape index (κ2) is 5.45. The van der Waals surface area contributed by atoms with Crippen LogP contribution in [0.25, 0.3) is 0 Å². The van der Waals surface area contributed by atoms with Gasteiger partial charge in [0.2, 0.25) is 0 Å². The standard InChI is InChI=1S/C17H18O3/c1-18-16-10-13-8-9-14(12-6-4-3-5-7-12)20-15(13)11-17(16)19-2/h3-7,10-11,14H,8-9H2,1-2H3. The van der Waals surface area contributed by atoms with Crippen molar-refractivity contribution in [3.63, 3.8) is 0 Å². The van der Waals surface area contributed by atoms with Gasteiger partial charge in [-0.15, -0.1) is 0 Å². The first kappa shape index (κ1) is 12.9. The normalized spacial score (nSPS) is 17.0. The fraction of sp³-hybridized carbons (Fsp3) is 0.294. The van der Waals surface area contributed by atoms with Crippen molar-refractivity contribution in [2.75, 3.05) is 14.2 Å². The lowest BCUT2D eigenvalue weighted by molar-refractivity contribution is 0.175. The molecule has 1 aliphatic heterocycles. The molecule has 0 N–H and O–H groups in total. The molecule has 3 rings (SSSR count). The maximum atomic E-state index is 6.12. The number of hydrogen-bond acceptors (Lipinski definition) is 3. The minimum atomic E-state index is 0.113. The van der Waals surface area contributed by atoms with Crippen LogP contribution in [0.4, 0.5) is 0 Å². The fourth-order valence-corrected chi connectivity index (χ4v) is 2.61. The van der Waals surface area contributed by atoms with Crippen LogP contribution in [0, 0.1) is 0 Å². The smallest absolute Gasteiger partial charge is 0.164 e.